The van der Waals surface area contributed by atoms with E-state index in [2.05, 4.69) is 21.9 Å². The van der Waals surface area contributed by atoms with Crippen molar-refractivity contribution in [2.24, 2.45) is 0 Å². The molecule has 0 heterocycles. The maximum atomic E-state index is 11.2. The second-order valence-electron chi connectivity index (χ2n) is 3.86. The fourth-order valence-electron chi connectivity index (χ4n) is 0.717. The summed E-state index contributed by atoms with van der Waals surface area (Å²) in [5.41, 5.74) is 2.05. The van der Waals surface area contributed by atoms with E-state index in [9.17, 15) is 4.79 Å². The van der Waals surface area contributed by atoms with Gasteiger partial charge < -0.3 is 15.4 Å². The standard InChI is InChI=1S/C8H18N4O2S/c1-8(2,3)14-7(13)11-5-4-10-6(15)12-9/h4-5,9H2,1-3H3,(H,11,13)(H2,10,12,15)/p+1. The molecule has 0 atom stereocenters. The molecule has 1 amide bonds. The monoisotopic (exact) mass is 235 g/mol. The Morgan fingerprint density at radius 3 is 2.33 bits per heavy atom. The van der Waals surface area contributed by atoms with Gasteiger partial charge in [0.25, 0.3) is 0 Å². The van der Waals surface area contributed by atoms with E-state index >= 15 is 0 Å². The zero-order valence-corrected chi connectivity index (χ0v) is 10.2. The number of hydrogen-bond donors (Lipinski definition) is 4. The normalized spacial score (nSPS) is 10.4. The Bertz CT molecular complexity index is 227. The van der Waals surface area contributed by atoms with E-state index < -0.39 is 11.7 Å². The van der Waals surface area contributed by atoms with Gasteiger partial charge in [-0.2, -0.15) is 0 Å². The van der Waals surface area contributed by atoms with Crippen LogP contribution < -0.4 is 21.9 Å². The average molecular weight is 235 g/mol. The van der Waals surface area contributed by atoms with Crippen LogP contribution in [-0.4, -0.2) is 29.9 Å². The van der Waals surface area contributed by atoms with Gasteiger partial charge >= 0.3 is 6.09 Å². The lowest BCUT2D eigenvalue weighted by molar-refractivity contribution is -0.419. The van der Waals surface area contributed by atoms with Gasteiger partial charge in [-0.1, -0.05) is 0 Å². The number of carbonyl (C=O) groups excluding carboxylic acids is 1. The lowest BCUT2D eigenvalue weighted by Crippen LogP contribution is -2.69. The first-order valence-electron chi connectivity index (χ1n) is 4.63. The number of nitrogens with one attached hydrogen (secondary N) is 3. The fourth-order valence-corrected chi connectivity index (χ4v) is 0.819. The highest BCUT2D eigenvalue weighted by Gasteiger charge is 2.15. The van der Waals surface area contributed by atoms with E-state index in [1.807, 2.05) is 20.8 Å². The predicted octanol–water partition coefficient (Wildman–Crippen LogP) is -0.868. The zero-order chi connectivity index (χ0) is 11.9. The first-order chi connectivity index (χ1) is 6.85. The molecule has 6 N–H and O–H groups in total. The van der Waals surface area contributed by atoms with Crippen molar-refractivity contribution in [1.82, 2.24) is 16.1 Å². The molecule has 0 aromatic carbocycles. The number of rotatable bonds is 3. The first-order valence-corrected chi connectivity index (χ1v) is 5.04. The van der Waals surface area contributed by atoms with Crippen LogP contribution in [0, 0.1) is 0 Å². The maximum Gasteiger partial charge on any atom is 0.407 e. The third-order valence-electron chi connectivity index (χ3n) is 1.24. The second kappa shape index (κ2) is 6.41. The smallest absolute Gasteiger partial charge is 0.407 e. The average Bonchev–Trinajstić information content (AvgIpc) is 2.09. The Hall–Kier alpha value is -1.08. The van der Waals surface area contributed by atoms with Gasteiger partial charge in [0.05, 0.1) is 0 Å². The van der Waals surface area contributed by atoms with Gasteiger partial charge in [-0.05, 0) is 33.0 Å². The molecule has 7 heteroatoms. The molecule has 0 saturated heterocycles. The molecular weight excluding hydrogens is 216 g/mol. The molecule has 0 aromatic heterocycles. The lowest BCUT2D eigenvalue weighted by Gasteiger charge is -2.19. The van der Waals surface area contributed by atoms with Crippen molar-refractivity contribution in [3.05, 3.63) is 0 Å². The third-order valence-corrected chi connectivity index (χ3v) is 1.53. The van der Waals surface area contributed by atoms with Crippen molar-refractivity contribution < 1.29 is 15.4 Å². The number of amides is 1. The number of ether oxygens (including phenoxy) is 1. The van der Waals surface area contributed by atoms with Gasteiger partial charge in [-0.25, -0.2) is 10.2 Å². The Balaban J connectivity index is 3.52. The highest BCUT2D eigenvalue weighted by molar-refractivity contribution is 7.80. The number of hydrogen-bond acceptors (Lipinski definition) is 3. The molecule has 0 fully saturated rings. The van der Waals surface area contributed by atoms with Crippen molar-refractivity contribution in [3.63, 3.8) is 0 Å². The van der Waals surface area contributed by atoms with Crippen LogP contribution in [0.25, 0.3) is 0 Å². The van der Waals surface area contributed by atoms with Crippen molar-refractivity contribution in [1.29, 1.82) is 0 Å². The summed E-state index contributed by atoms with van der Waals surface area (Å²) >= 11 is 4.79. The topological polar surface area (TPSA) is 90.0 Å². The summed E-state index contributed by atoms with van der Waals surface area (Å²) in [4.78, 5) is 11.2. The Morgan fingerprint density at radius 2 is 1.87 bits per heavy atom. The van der Waals surface area contributed by atoms with Gasteiger partial charge in [-0.3, -0.25) is 5.84 Å². The highest BCUT2D eigenvalue weighted by Crippen LogP contribution is 2.05. The summed E-state index contributed by atoms with van der Waals surface area (Å²) in [6.45, 7) is 6.41. The molecular formula is C8H19N4O2S+. The van der Waals surface area contributed by atoms with Crippen LogP contribution in [0.3, 0.4) is 0 Å². The van der Waals surface area contributed by atoms with Crippen LogP contribution in [0.15, 0.2) is 0 Å². The largest absolute Gasteiger partial charge is 0.444 e. The van der Waals surface area contributed by atoms with Crippen LogP contribution >= 0.6 is 12.2 Å². The van der Waals surface area contributed by atoms with E-state index in [1.165, 1.54) is 0 Å². The Labute approximate surface area is 94.9 Å². The summed E-state index contributed by atoms with van der Waals surface area (Å²) in [6, 6.07) is 0. The van der Waals surface area contributed by atoms with Gasteiger partial charge in [0.2, 0.25) is 5.11 Å². The molecule has 0 aliphatic carbocycles. The van der Waals surface area contributed by atoms with E-state index in [4.69, 9.17) is 17.0 Å². The number of alkyl carbamates (subject to hydrolysis) is 1. The van der Waals surface area contributed by atoms with Gasteiger partial charge in [0.1, 0.15) is 5.60 Å². The van der Waals surface area contributed by atoms with Gasteiger partial charge in [0, 0.05) is 13.1 Å². The summed E-state index contributed by atoms with van der Waals surface area (Å²) in [5, 5.41) is 5.87. The maximum absolute atomic E-state index is 11.2. The van der Waals surface area contributed by atoms with Crippen molar-refractivity contribution in [2.75, 3.05) is 13.1 Å². The molecule has 0 rings (SSSR count). The summed E-state index contributed by atoms with van der Waals surface area (Å²) in [7, 11) is 0. The van der Waals surface area contributed by atoms with E-state index in [-0.39, 0.29) is 0 Å². The minimum atomic E-state index is -0.471. The molecule has 6 nitrogen and oxygen atoms in total. The molecule has 0 radical (unpaired) electrons. The van der Waals surface area contributed by atoms with Crippen molar-refractivity contribution >= 4 is 23.4 Å². The molecule has 88 valence electrons. The van der Waals surface area contributed by atoms with Crippen LogP contribution in [-0.2, 0) is 4.74 Å². The molecule has 0 aromatic rings. The fraction of sp³-hybridized carbons (Fsp3) is 0.750. The summed E-state index contributed by atoms with van der Waals surface area (Å²) < 4.78 is 5.03. The number of carbonyl (C=O) groups is 1. The lowest BCUT2D eigenvalue weighted by atomic mass is 10.2. The van der Waals surface area contributed by atoms with E-state index in [0.29, 0.717) is 18.2 Å². The minimum Gasteiger partial charge on any atom is -0.444 e. The molecule has 0 aliphatic rings. The van der Waals surface area contributed by atoms with Crippen LogP contribution in [0.4, 0.5) is 4.79 Å². The van der Waals surface area contributed by atoms with Crippen LogP contribution in [0.2, 0.25) is 0 Å². The Kier molecular flexibility index (Phi) is 5.95. The number of thiocarbonyl (C=S) groups is 1. The highest BCUT2D eigenvalue weighted by atomic mass is 32.1. The second-order valence-corrected chi connectivity index (χ2v) is 4.27. The van der Waals surface area contributed by atoms with Crippen LogP contribution in [0.5, 0.6) is 0 Å². The van der Waals surface area contributed by atoms with Gasteiger partial charge in [0.15, 0.2) is 0 Å². The number of quaternary nitrogens is 1. The molecule has 15 heavy (non-hydrogen) atoms. The quantitative estimate of drug-likeness (QED) is 0.290. The molecule has 0 spiro atoms. The van der Waals surface area contributed by atoms with E-state index in [1.54, 1.807) is 0 Å². The molecule has 0 saturated carbocycles. The summed E-state index contributed by atoms with van der Waals surface area (Å²) in [5.74, 6) is 3.38. The van der Waals surface area contributed by atoms with Gasteiger partial charge in [-0.15, -0.1) is 0 Å². The Morgan fingerprint density at radius 1 is 1.33 bits per heavy atom. The third kappa shape index (κ3) is 9.23. The summed E-state index contributed by atoms with van der Waals surface area (Å²) in [6.07, 6.45) is -0.433. The minimum absolute atomic E-state index is 0.433. The molecule has 0 unspecified atom stereocenters. The van der Waals surface area contributed by atoms with E-state index in [0.717, 1.165) is 0 Å². The van der Waals surface area contributed by atoms with Crippen molar-refractivity contribution in [3.8, 4) is 0 Å². The first kappa shape index (κ1) is 13.9. The molecule has 0 aliphatic heterocycles. The molecule has 0 bridgehead atoms. The van der Waals surface area contributed by atoms with Crippen molar-refractivity contribution in [2.45, 2.75) is 26.4 Å². The zero-order valence-electron chi connectivity index (χ0n) is 9.35. The SMILES string of the molecule is CC(C)(C)OC(=O)NCCNC(=S)N[NH3+]. The van der Waals surface area contributed by atoms with Crippen LogP contribution in [0.1, 0.15) is 20.8 Å². The predicted molar refractivity (Wildman–Crippen MR) is 60.9 cm³/mol.